The fourth-order valence-electron chi connectivity index (χ4n) is 3.24. The molecule has 3 rings (SSSR count). The number of esters is 1. The number of hydrogen-bond donors (Lipinski definition) is 0. The maximum absolute atomic E-state index is 13.1. The highest BCUT2D eigenvalue weighted by molar-refractivity contribution is 7.89. The van der Waals surface area contributed by atoms with Crippen LogP contribution in [0.1, 0.15) is 18.4 Å². The Bertz CT molecular complexity index is 946. The van der Waals surface area contributed by atoms with E-state index in [1.165, 1.54) is 16.4 Å². The number of sulfonamides is 1. The molecule has 2 aromatic carbocycles. The number of halogens is 1. The number of aryl methyl sites for hydroxylation is 1. The summed E-state index contributed by atoms with van der Waals surface area (Å²) in [7, 11) is -3.78. The van der Waals surface area contributed by atoms with Crippen LogP contribution in [0.2, 0.25) is 0 Å². The first kappa shape index (κ1) is 21.3. The topological polar surface area (TPSA) is 72.9 Å². The number of ether oxygens (including phenoxy) is 2. The Labute approximate surface area is 170 Å². The summed E-state index contributed by atoms with van der Waals surface area (Å²) in [5.41, 5.74) is 0.993. The number of hydrogen-bond acceptors (Lipinski definition) is 5. The molecule has 2 aromatic rings. The van der Waals surface area contributed by atoms with Gasteiger partial charge in [-0.1, -0.05) is 18.2 Å². The van der Waals surface area contributed by atoms with E-state index in [-0.39, 0.29) is 24.7 Å². The third kappa shape index (κ3) is 5.33. The lowest BCUT2D eigenvalue weighted by Gasteiger charge is -2.30. The maximum atomic E-state index is 13.1. The van der Waals surface area contributed by atoms with Crippen molar-refractivity contribution in [2.45, 2.75) is 24.7 Å². The summed E-state index contributed by atoms with van der Waals surface area (Å²) in [4.78, 5) is 12.4. The van der Waals surface area contributed by atoms with Gasteiger partial charge >= 0.3 is 5.97 Å². The third-order valence-electron chi connectivity index (χ3n) is 4.85. The Morgan fingerprint density at radius 1 is 1.14 bits per heavy atom. The summed E-state index contributed by atoms with van der Waals surface area (Å²) >= 11 is 0. The van der Waals surface area contributed by atoms with Gasteiger partial charge in [-0.05, 0) is 55.7 Å². The fraction of sp³-hybridized carbons (Fsp3) is 0.381. The maximum Gasteiger partial charge on any atom is 0.310 e. The lowest BCUT2D eigenvalue weighted by atomic mass is 10.0. The van der Waals surface area contributed by atoms with Crippen LogP contribution in [-0.4, -0.2) is 45.0 Å². The van der Waals surface area contributed by atoms with E-state index in [4.69, 9.17) is 9.47 Å². The Balaban J connectivity index is 1.52. The molecule has 0 bridgehead atoms. The number of rotatable bonds is 7. The van der Waals surface area contributed by atoms with Gasteiger partial charge in [0.1, 0.15) is 24.8 Å². The van der Waals surface area contributed by atoms with Crippen LogP contribution in [-0.2, 0) is 19.6 Å². The van der Waals surface area contributed by atoms with Crippen LogP contribution in [0.5, 0.6) is 5.75 Å². The predicted molar refractivity (Wildman–Crippen MR) is 106 cm³/mol. The van der Waals surface area contributed by atoms with E-state index < -0.39 is 27.7 Å². The molecule has 1 heterocycles. The van der Waals surface area contributed by atoms with Gasteiger partial charge in [0.2, 0.25) is 10.0 Å². The number of nitrogens with zero attached hydrogens (tertiary/aromatic N) is 1. The molecule has 1 aliphatic heterocycles. The van der Waals surface area contributed by atoms with Gasteiger partial charge in [0.15, 0.2) is 0 Å². The second kappa shape index (κ2) is 9.37. The molecule has 0 N–H and O–H groups in total. The highest BCUT2D eigenvalue weighted by Gasteiger charge is 2.34. The number of piperidine rings is 1. The molecule has 0 amide bonds. The zero-order chi connectivity index (χ0) is 20.9. The van der Waals surface area contributed by atoms with Gasteiger partial charge in [-0.15, -0.1) is 0 Å². The van der Waals surface area contributed by atoms with Crippen LogP contribution >= 0.6 is 0 Å². The van der Waals surface area contributed by atoms with Gasteiger partial charge in [-0.3, -0.25) is 4.79 Å². The quantitative estimate of drug-likeness (QED) is 0.507. The van der Waals surface area contributed by atoms with Crippen molar-refractivity contribution in [3.63, 3.8) is 0 Å². The van der Waals surface area contributed by atoms with E-state index in [0.29, 0.717) is 19.4 Å². The van der Waals surface area contributed by atoms with Crippen molar-refractivity contribution >= 4 is 16.0 Å². The molecule has 1 unspecified atom stereocenters. The molecule has 156 valence electrons. The average molecular weight is 421 g/mol. The van der Waals surface area contributed by atoms with Crippen LogP contribution < -0.4 is 4.74 Å². The zero-order valence-corrected chi connectivity index (χ0v) is 17.0. The lowest BCUT2D eigenvalue weighted by Crippen LogP contribution is -2.42. The van der Waals surface area contributed by atoms with E-state index in [1.54, 1.807) is 0 Å². The van der Waals surface area contributed by atoms with Gasteiger partial charge < -0.3 is 9.47 Å². The minimum Gasteiger partial charge on any atom is -0.490 e. The van der Waals surface area contributed by atoms with Gasteiger partial charge in [0.25, 0.3) is 0 Å². The predicted octanol–water partition coefficient (Wildman–Crippen LogP) is 3.16. The molecule has 8 heteroatoms. The van der Waals surface area contributed by atoms with Gasteiger partial charge in [-0.25, -0.2) is 12.8 Å². The molecule has 0 saturated carbocycles. The fourth-order valence-corrected chi connectivity index (χ4v) is 4.76. The standard InChI is InChI=1S/C21H24FNO5S/c1-16-5-2-3-7-20(16)27-13-14-28-21(24)17-6-4-12-23(15-17)29(25,26)19-10-8-18(22)9-11-19/h2-3,5,7-11,17H,4,6,12-15H2,1H3. The molecule has 29 heavy (non-hydrogen) atoms. The van der Waals surface area contributed by atoms with E-state index in [1.807, 2.05) is 31.2 Å². The number of para-hydroxylation sites is 1. The smallest absolute Gasteiger partial charge is 0.310 e. The Morgan fingerprint density at radius 3 is 2.59 bits per heavy atom. The molecule has 0 aromatic heterocycles. The highest BCUT2D eigenvalue weighted by Crippen LogP contribution is 2.25. The third-order valence-corrected chi connectivity index (χ3v) is 6.73. The van der Waals surface area contributed by atoms with Gasteiger partial charge in [0, 0.05) is 13.1 Å². The number of carbonyl (C=O) groups is 1. The number of carbonyl (C=O) groups excluding carboxylic acids is 1. The summed E-state index contributed by atoms with van der Waals surface area (Å²) in [5, 5.41) is 0. The molecule has 0 spiro atoms. The molecule has 1 fully saturated rings. The molecule has 1 atom stereocenters. The van der Waals surface area contributed by atoms with Gasteiger partial charge in [-0.2, -0.15) is 4.31 Å². The molecule has 0 aliphatic carbocycles. The lowest BCUT2D eigenvalue weighted by molar-refractivity contribution is -0.150. The Kier molecular flexibility index (Phi) is 6.87. The first-order valence-electron chi connectivity index (χ1n) is 9.49. The van der Waals surface area contributed by atoms with Crippen LogP contribution in [0.15, 0.2) is 53.4 Å². The first-order valence-corrected chi connectivity index (χ1v) is 10.9. The summed E-state index contributed by atoms with van der Waals surface area (Å²) in [6.45, 7) is 2.62. The van der Waals surface area contributed by atoms with Crippen molar-refractivity contribution in [3.8, 4) is 5.75 Å². The van der Waals surface area contributed by atoms with Crippen LogP contribution in [0.25, 0.3) is 0 Å². The monoisotopic (exact) mass is 421 g/mol. The van der Waals surface area contributed by atoms with Crippen molar-refractivity contribution < 1.29 is 27.1 Å². The van der Waals surface area contributed by atoms with Crippen LogP contribution in [0, 0.1) is 18.7 Å². The van der Waals surface area contributed by atoms with E-state index >= 15 is 0 Å². The number of benzene rings is 2. The largest absolute Gasteiger partial charge is 0.490 e. The molecule has 1 saturated heterocycles. The van der Waals surface area contributed by atoms with E-state index in [2.05, 4.69) is 0 Å². The summed E-state index contributed by atoms with van der Waals surface area (Å²) in [6.07, 6.45) is 1.12. The molecular weight excluding hydrogens is 397 g/mol. The first-order chi connectivity index (χ1) is 13.9. The van der Waals surface area contributed by atoms with Crippen molar-refractivity contribution in [2.75, 3.05) is 26.3 Å². The van der Waals surface area contributed by atoms with Crippen molar-refractivity contribution in [2.24, 2.45) is 5.92 Å². The van der Waals surface area contributed by atoms with E-state index in [0.717, 1.165) is 23.4 Å². The summed E-state index contributed by atoms with van der Waals surface area (Å²) in [6, 6.07) is 12.2. The molecule has 0 radical (unpaired) electrons. The van der Waals surface area contributed by atoms with Crippen molar-refractivity contribution in [1.29, 1.82) is 0 Å². The normalized spacial score (nSPS) is 17.7. The summed E-state index contributed by atoms with van der Waals surface area (Å²) in [5.74, 6) is -0.732. The average Bonchev–Trinajstić information content (AvgIpc) is 2.72. The Hall–Kier alpha value is -2.45. The van der Waals surface area contributed by atoms with Crippen molar-refractivity contribution in [3.05, 3.63) is 59.9 Å². The highest BCUT2D eigenvalue weighted by atomic mass is 32.2. The van der Waals surface area contributed by atoms with E-state index in [9.17, 15) is 17.6 Å². The Morgan fingerprint density at radius 2 is 1.86 bits per heavy atom. The second-order valence-corrected chi connectivity index (χ2v) is 8.88. The zero-order valence-electron chi connectivity index (χ0n) is 16.2. The summed E-state index contributed by atoms with van der Waals surface area (Å²) < 4.78 is 50.7. The minimum atomic E-state index is -3.78. The van der Waals surface area contributed by atoms with Crippen LogP contribution in [0.3, 0.4) is 0 Å². The second-order valence-electron chi connectivity index (χ2n) is 6.94. The van der Waals surface area contributed by atoms with Gasteiger partial charge in [0.05, 0.1) is 10.8 Å². The van der Waals surface area contributed by atoms with Crippen molar-refractivity contribution in [1.82, 2.24) is 4.31 Å². The SMILES string of the molecule is Cc1ccccc1OCCOC(=O)C1CCCN(S(=O)(=O)c2ccc(F)cc2)C1. The minimum absolute atomic E-state index is 0.0135. The molecule has 1 aliphatic rings. The molecule has 6 nitrogen and oxygen atoms in total. The molecular formula is C21H24FNO5S. The van der Waals surface area contributed by atoms with Crippen LogP contribution in [0.4, 0.5) is 4.39 Å².